The predicted octanol–water partition coefficient (Wildman–Crippen LogP) is -0.393. The van der Waals surface area contributed by atoms with Gasteiger partial charge in [-0.05, 0) is 27.2 Å². The molecule has 3 heterocycles. The van der Waals surface area contributed by atoms with Crippen LogP contribution in [-0.2, 0) is 20.9 Å². The highest BCUT2D eigenvalue weighted by Crippen LogP contribution is 2.27. The van der Waals surface area contributed by atoms with Crippen LogP contribution >= 0.6 is 0 Å². The second kappa shape index (κ2) is 10.1. The van der Waals surface area contributed by atoms with E-state index in [2.05, 4.69) is 21.1 Å². The lowest BCUT2D eigenvalue weighted by molar-refractivity contribution is -0.144. The molecular formula is C20H32N6O5. The second-order valence-corrected chi connectivity index (χ2v) is 8.46. The number of fused-ring (bicyclic) bond motifs is 1. The molecule has 2 saturated heterocycles. The summed E-state index contributed by atoms with van der Waals surface area (Å²) in [4.78, 5) is 41.1. The number of urea groups is 1. The van der Waals surface area contributed by atoms with E-state index in [9.17, 15) is 14.4 Å². The first-order valence-electron chi connectivity index (χ1n) is 10.6. The molecule has 2 fully saturated rings. The number of amides is 4. The molecule has 3 rings (SSSR count). The van der Waals surface area contributed by atoms with Gasteiger partial charge in [0.05, 0.1) is 11.7 Å². The molecule has 3 N–H and O–H groups in total. The minimum Gasteiger partial charge on any atom is -0.375 e. The van der Waals surface area contributed by atoms with E-state index in [1.54, 1.807) is 0 Å². The number of aromatic nitrogens is 1. The lowest BCUT2D eigenvalue weighted by Crippen LogP contribution is -2.62. The van der Waals surface area contributed by atoms with Gasteiger partial charge in [-0.15, -0.1) is 0 Å². The summed E-state index contributed by atoms with van der Waals surface area (Å²) in [5.41, 5.74) is 0.732. The van der Waals surface area contributed by atoms with Crippen LogP contribution in [0.4, 0.5) is 4.79 Å². The predicted molar refractivity (Wildman–Crippen MR) is 111 cm³/mol. The maximum atomic E-state index is 13.3. The molecule has 31 heavy (non-hydrogen) atoms. The number of carbonyl (C=O) groups is 3. The van der Waals surface area contributed by atoms with Gasteiger partial charge in [-0.25, -0.2) is 4.79 Å². The Bertz CT molecular complexity index is 797. The Labute approximate surface area is 181 Å². The summed E-state index contributed by atoms with van der Waals surface area (Å²) < 4.78 is 10.0. The van der Waals surface area contributed by atoms with E-state index in [1.165, 1.54) is 7.11 Å². The van der Waals surface area contributed by atoms with Crippen LogP contribution in [0.25, 0.3) is 0 Å². The highest BCUT2D eigenvalue weighted by atomic mass is 16.5. The number of hydrogen-bond donors (Lipinski definition) is 3. The van der Waals surface area contributed by atoms with Crippen molar-refractivity contribution in [3.63, 3.8) is 0 Å². The molecule has 0 aromatic carbocycles. The fourth-order valence-electron chi connectivity index (χ4n) is 4.18. The average molecular weight is 437 g/mol. The number of ether oxygens (including phenoxy) is 1. The normalized spacial score (nSPS) is 23.7. The van der Waals surface area contributed by atoms with E-state index in [0.717, 1.165) is 5.69 Å². The summed E-state index contributed by atoms with van der Waals surface area (Å²) in [6, 6.07) is 0.976. The van der Waals surface area contributed by atoms with Crippen LogP contribution in [0, 0.1) is 6.92 Å². The molecule has 0 bridgehead atoms. The van der Waals surface area contributed by atoms with Gasteiger partial charge in [-0.2, -0.15) is 0 Å². The number of aryl methyl sites for hydroxylation is 1. The van der Waals surface area contributed by atoms with Crippen molar-refractivity contribution in [2.24, 2.45) is 0 Å². The van der Waals surface area contributed by atoms with Crippen molar-refractivity contribution in [3.8, 4) is 0 Å². The molecule has 0 saturated carbocycles. The topological polar surface area (TPSA) is 129 Å². The molecule has 172 valence electrons. The number of piperazine rings is 1. The van der Waals surface area contributed by atoms with Crippen LogP contribution < -0.4 is 16.0 Å². The van der Waals surface area contributed by atoms with Gasteiger partial charge in [0.15, 0.2) is 0 Å². The maximum Gasteiger partial charge on any atom is 0.315 e. The molecular weight excluding hydrogens is 404 g/mol. The minimum absolute atomic E-state index is 0.0178. The third-order valence-electron chi connectivity index (χ3n) is 5.43. The Morgan fingerprint density at radius 1 is 1.35 bits per heavy atom. The average Bonchev–Trinajstić information content (AvgIpc) is 3.26. The van der Waals surface area contributed by atoms with Crippen molar-refractivity contribution in [1.82, 2.24) is 30.9 Å². The molecule has 2 aliphatic heterocycles. The molecule has 0 radical (unpaired) electrons. The Kier molecular flexibility index (Phi) is 7.50. The van der Waals surface area contributed by atoms with Crippen LogP contribution in [0.1, 0.15) is 31.7 Å². The van der Waals surface area contributed by atoms with Gasteiger partial charge < -0.3 is 30.1 Å². The zero-order chi connectivity index (χ0) is 22.5. The molecule has 4 amide bonds. The van der Waals surface area contributed by atoms with Gasteiger partial charge in [-0.3, -0.25) is 14.5 Å². The number of hydrogen-bond acceptors (Lipinski definition) is 7. The van der Waals surface area contributed by atoms with Gasteiger partial charge >= 0.3 is 6.03 Å². The fourth-order valence-corrected chi connectivity index (χ4v) is 4.18. The Hall–Kier alpha value is -2.66. The highest BCUT2D eigenvalue weighted by molar-refractivity contribution is 5.85. The Morgan fingerprint density at radius 3 is 2.77 bits per heavy atom. The van der Waals surface area contributed by atoms with Crippen LogP contribution in [0.15, 0.2) is 10.6 Å². The van der Waals surface area contributed by atoms with Gasteiger partial charge in [0.2, 0.25) is 11.8 Å². The van der Waals surface area contributed by atoms with E-state index in [4.69, 9.17) is 9.26 Å². The van der Waals surface area contributed by atoms with Gasteiger partial charge in [-0.1, -0.05) is 5.16 Å². The molecule has 1 aromatic heterocycles. The number of methoxy groups -OCH3 is 1. The van der Waals surface area contributed by atoms with Crippen molar-refractivity contribution in [1.29, 1.82) is 0 Å². The fraction of sp³-hybridized carbons (Fsp3) is 0.700. The van der Waals surface area contributed by atoms with E-state index < -0.39 is 6.04 Å². The third-order valence-corrected chi connectivity index (χ3v) is 5.43. The van der Waals surface area contributed by atoms with E-state index in [0.29, 0.717) is 31.8 Å². The number of nitrogens with zero attached hydrogens (tertiary/aromatic N) is 3. The quantitative estimate of drug-likeness (QED) is 0.506. The lowest BCUT2D eigenvalue weighted by Gasteiger charge is -2.42. The number of rotatable bonds is 8. The monoisotopic (exact) mass is 436 g/mol. The van der Waals surface area contributed by atoms with Crippen molar-refractivity contribution >= 4 is 17.8 Å². The molecule has 0 aliphatic carbocycles. The first-order chi connectivity index (χ1) is 14.8. The molecule has 3 atom stereocenters. The molecule has 0 unspecified atom stereocenters. The third kappa shape index (κ3) is 5.95. The summed E-state index contributed by atoms with van der Waals surface area (Å²) in [6.07, 6.45) is 0.675. The Morgan fingerprint density at radius 2 is 2.13 bits per heavy atom. The van der Waals surface area contributed by atoms with Crippen molar-refractivity contribution in [3.05, 3.63) is 17.5 Å². The van der Waals surface area contributed by atoms with Gasteiger partial charge in [0.25, 0.3) is 0 Å². The summed E-state index contributed by atoms with van der Waals surface area (Å²) >= 11 is 0. The zero-order valence-electron chi connectivity index (χ0n) is 18.5. The largest absolute Gasteiger partial charge is 0.375 e. The van der Waals surface area contributed by atoms with Crippen LogP contribution in [0.2, 0.25) is 0 Å². The van der Waals surface area contributed by atoms with Crippen LogP contribution in [0.5, 0.6) is 0 Å². The summed E-state index contributed by atoms with van der Waals surface area (Å²) in [5.74, 6) is 0.356. The highest BCUT2D eigenvalue weighted by Gasteiger charge is 2.45. The lowest BCUT2D eigenvalue weighted by atomic mass is 10.0. The molecule has 1 aromatic rings. The summed E-state index contributed by atoms with van der Waals surface area (Å²) in [6.45, 7) is 7.22. The summed E-state index contributed by atoms with van der Waals surface area (Å²) in [7, 11) is 1.45. The maximum absolute atomic E-state index is 13.3. The van der Waals surface area contributed by atoms with Gasteiger partial charge in [0, 0.05) is 51.4 Å². The van der Waals surface area contributed by atoms with Crippen molar-refractivity contribution in [2.75, 3.05) is 33.4 Å². The molecule has 2 aliphatic rings. The number of nitrogens with one attached hydrogen (secondary N) is 3. The van der Waals surface area contributed by atoms with E-state index in [1.807, 2.05) is 36.6 Å². The van der Waals surface area contributed by atoms with Crippen molar-refractivity contribution in [2.45, 2.75) is 57.9 Å². The van der Waals surface area contributed by atoms with Crippen molar-refractivity contribution < 1.29 is 23.6 Å². The Balaban J connectivity index is 1.69. The van der Waals surface area contributed by atoms with Gasteiger partial charge in [0.1, 0.15) is 18.4 Å². The zero-order valence-corrected chi connectivity index (χ0v) is 18.5. The first-order valence-corrected chi connectivity index (χ1v) is 10.6. The summed E-state index contributed by atoms with van der Waals surface area (Å²) in [5, 5.41) is 12.6. The SMILES string of the molecule is COCC(=O)NC[C@H]1C(=O)N2C[C@@H](NC(=O)NC(C)C)C[C@H]2CN1Cc1cc(C)on1. The number of carbonyl (C=O) groups excluding carboxylic acids is 3. The molecule has 11 nitrogen and oxygen atoms in total. The second-order valence-electron chi connectivity index (χ2n) is 8.46. The molecule has 11 heteroatoms. The van der Waals surface area contributed by atoms with Crippen LogP contribution in [-0.4, -0.2) is 90.3 Å². The minimum atomic E-state index is -0.530. The smallest absolute Gasteiger partial charge is 0.315 e. The standard InChI is InChI=1S/C20H32N6O5/c1-12(2)22-20(29)23-14-6-16-10-25(8-15-5-13(3)31-24-15)17(19(28)26(16)9-14)7-21-18(27)11-30-4/h5,12,14,16-17H,6-11H2,1-4H3,(H,21,27)(H2,22,23,29)/t14-,16-,17-/m0/s1. The first kappa shape index (κ1) is 23.0. The van der Waals surface area contributed by atoms with E-state index in [-0.39, 0.29) is 49.1 Å². The molecule has 0 spiro atoms. The van der Waals surface area contributed by atoms with Crippen LogP contribution in [0.3, 0.4) is 0 Å². The van der Waals surface area contributed by atoms with E-state index >= 15 is 0 Å².